The van der Waals surface area contributed by atoms with Gasteiger partial charge in [0.05, 0.1) is 19.1 Å². The number of unbranched alkanes of at least 4 members (excludes halogenated alkanes) is 1. The lowest BCUT2D eigenvalue weighted by Crippen LogP contribution is -2.39. The number of carbonyl (C=O) groups excluding carboxylic acids is 1. The van der Waals surface area contributed by atoms with Crippen molar-refractivity contribution in [2.45, 2.75) is 72.4 Å². The Morgan fingerprint density at radius 1 is 1.29 bits per heavy atom. The van der Waals surface area contributed by atoms with Crippen LogP contribution in [0.15, 0.2) is 18.7 Å². The number of imidazole rings is 1. The van der Waals surface area contributed by atoms with Crippen molar-refractivity contribution in [2.24, 2.45) is 5.41 Å². The third-order valence-corrected chi connectivity index (χ3v) is 4.44. The van der Waals surface area contributed by atoms with E-state index in [1.807, 2.05) is 13.8 Å². The van der Waals surface area contributed by atoms with Crippen LogP contribution in [0.4, 0.5) is 0 Å². The van der Waals surface area contributed by atoms with Gasteiger partial charge >= 0.3 is 5.97 Å². The van der Waals surface area contributed by atoms with Crippen molar-refractivity contribution in [3.05, 3.63) is 18.7 Å². The molecule has 0 amide bonds. The summed E-state index contributed by atoms with van der Waals surface area (Å²) in [5.74, 6) is -0.121. The largest absolute Gasteiger partial charge is 0.469 e. The molecule has 4 heteroatoms. The van der Waals surface area contributed by atoms with Crippen molar-refractivity contribution in [3.8, 4) is 0 Å². The summed E-state index contributed by atoms with van der Waals surface area (Å²) < 4.78 is 9.42. The van der Waals surface area contributed by atoms with E-state index in [2.05, 4.69) is 48.6 Å². The van der Waals surface area contributed by atoms with Gasteiger partial charge < -0.3 is 4.74 Å². The molecule has 0 bridgehead atoms. The predicted octanol–water partition coefficient (Wildman–Crippen LogP) is 3.29. The van der Waals surface area contributed by atoms with Crippen LogP contribution >= 0.6 is 0 Å². The van der Waals surface area contributed by atoms with Gasteiger partial charge in [-0.3, -0.25) is 4.79 Å². The Kier molecular flexibility index (Phi) is 5.99. The fourth-order valence-electron chi connectivity index (χ4n) is 2.86. The van der Waals surface area contributed by atoms with Gasteiger partial charge in [-0.25, -0.2) is 9.13 Å². The van der Waals surface area contributed by atoms with E-state index >= 15 is 0 Å². The summed E-state index contributed by atoms with van der Waals surface area (Å²) in [6, 6.07) is 0. The second-order valence-corrected chi connectivity index (χ2v) is 6.81. The standard InChI is InChI=1S/C17H31N2O2/c1-7-9-10-18-11-12-19(14-18)16(3,4)13-17(5,8-2)15(20)21-6/h11-12,14H,7-10,13H2,1-6H3/q+1. The van der Waals surface area contributed by atoms with Gasteiger partial charge in [-0.2, -0.15) is 0 Å². The minimum absolute atomic E-state index is 0.121. The van der Waals surface area contributed by atoms with E-state index < -0.39 is 5.41 Å². The van der Waals surface area contributed by atoms with Gasteiger partial charge in [-0.15, -0.1) is 0 Å². The topological polar surface area (TPSA) is 35.1 Å². The molecule has 4 nitrogen and oxygen atoms in total. The fourth-order valence-corrected chi connectivity index (χ4v) is 2.86. The van der Waals surface area contributed by atoms with Crippen LogP contribution in [0.25, 0.3) is 0 Å². The maximum atomic E-state index is 12.1. The molecule has 0 aliphatic carbocycles. The zero-order valence-corrected chi connectivity index (χ0v) is 14.5. The van der Waals surface area contributed by atoms with Crippen LogP contribution in [0.1, 0.15) is 60.3 Å². The molecular formula is C17H31N2O2+. The Morgan fingerprint density at radius 3 is 2.48 bits per heavy atom. The molecule has 0 N–H and O–H groups in total. The lowest BCUT2D eigenvalue weighted by atomic mass is 9.76. The van der Waals surface area contributed by atoms with Crippen LogP contribution in [0.3, 0.4) is 0 Å². The van der Waals surface area contributed by atoms with Crippen LogP contribution in [-0.2, 0) is 21.6 Å². The molecule has 0 aromatic carbocycles. The number of ether oxygens (including phenoxy) is 1. The summed E-state index contributed by atoms with van der Waals surface area (Å²) in [4.78, 5) is 12.1. The van der Waals surface area contributed by atoms with E-state index in [1.165, 1.54) is 20.0 Å². The summed E-state index contributed by atoms with van der Waals surface area (Å²) in [5.41, 5.74) is -0.576. The lowest BCUT2D eigenvalue weighted by molar-refractivity contribution is -0.697. The Bertz CT molecular complexity index is 465. The first kappa shape index (κ1) is 17.7. The third-order valence-electron chi connectivity index (χ3n) is 4.44. The first-order valence-corrected chi connectivity index (χ1v) is 7.95. The molecule has 1 unspecified atom stereocenters. The molecule has 0 aliphatic rings. The van der Waals surface area contributed by atoms with Gasteiger partial charge in [0, 0.05) is 6.42 Å². The average molecular weight is 295 g/mol. The monoisotopic (exact) mass is 295 g/mol. The van der Waals surface area contributed by atoms with Crippen LogP contribution in [0, 0.1) is 5.41 Å². The van der Waals surface area contributed by atoms with Gasteiger partial charge in [0.25, 0.3) is 0 Å². The minimum atomic E-state index is -0.448. The number of carbonyl (C=O) groups is 1. The number of methoxy groups -OCH3 is 1. The van der Waals surface area contributed by atoms with Gasteiger partial charge in [-0.1, -0.05) is 20.3 Å². The summed E-state index contributed by atoms with van der Waals surface area (Å²) in [6.07, 6.45) is 10.3. The summed E-state index contributed by atoms with van der Waals surface area (Å²) >= 11 is 0. The maximum absolute atomic E-state index is 12.1. The second-order valence-electron chi connectivity index (χ2n) is 6.81. The Labute approximate surface area is 129 Å². The van der Waals surface area contributed by atoms with Crippen LogP contribution in [0.2, 0.25) is 0 Å². The normalized spacial score (nSPS) is 14.8. The highest BCUT2D eigenvalue weighted by Crippen LogP contribution is 2.36. The van der Waals surface area contributed by atoms with Gasteiger partial charge in [0.15, 0.2) is 0 Å². The number of aryl methyl sites for hydroxylation is 1. The first-order valence-electron chi connectivity index (χ1n) is 7.95. The molecule has 1 aromatic heterocycles. The number of nitrogens with zero attached hydrogens (tertiary/aromatic N) is 2. The molecule has 1 aromatic rings. The minimum Gasteiger partial charge on any atom is -0.469 e. The van der Waals surface area contributed by atoms with Gasteiger partial charge in [0.1, 0.15) is 17.9 Å². The number of esters is 1. The second kappa shape index (κ2) is 7.10. The number of hydrogen-bond acceptors (Lipinski definition) is 2. The van der Waals surface area contributed by atoms with E-state index in [9.17, 15) is 4.79 Å². The smallest absolute Gasteiger partial charge is 0.311 e. The molecular weight excluding hydrogens is 264 g/mol. The number of aromatic nitrogens is 2. The fraction of sp³-hybridized carbons (Fsp3) is 0.765. The Morgan fingerprint density at radius 2 is 1.95 bits per heavy atom. The van der Waals surface area contributed by atoms with Crippen molar-refractivity contribution >= 4 is 5.97 Å². The molecule has 1 heterocycles. The molecule has 0 saturated carbocycles. The van der Waals surface area contributed by atoms with Gasteiger partial charge in [-0.05, 0) is 33.6 Å². The zero-order valence-electron chi connectivity index (χ0n) is 14.5. The van der Waals surface area contributed by atoms with Gasteiger partial charge in [0.2, 0.25) is 6.33 Å². The third kappa shape index (κ3) is 4.32. The predicted molar refractivity (Wildman–Crippen MR) is 83.9 cm³/mol. The molecule has 21 heavy (non-hydrogen) atoms. The van der Waals surface area contributed by atoms with E-state index in [1.54, 1.807) is 0 Å². The molecule has 0 fully saturated rings. The Hall–Kier alpha value is -1.32. The van der Waals surface area contributed by atoms with E-state index in [4.69, 9.17) is 4.74 Å². The lowest BCUT2D eigenvalue weighted by Gasteiger charge is -2.32. The van der Waals surface area contributed by atoms with Crippen molar-refractivity contribution in [1.82, 2.24) is 4.57 Å². The van der Waals surface area contributed by atoms with Crippen LogP contribution in [0.5, 0.6) is 0 Å². The highest BCUT2D eigenvalue weighted by molar-refractivity contribution is 5.76. The maximum Gasteiger partial charge on any atom is 0.311 e. The van der Waals surface area contributed by atoms with E-state index in [0.29, 0.717) is 0 Å². The van der Waals surface area contributed by atoms with Crippen LogP contribution in [-0.4, -0.2) is 17.6 Å². The number of hydrogen-bond donors (Lipinski definition) is 0. The SMILES string of the molecule is CCCC[n+]1ccn(C(C)(C)CC(C)(CC)C(=O)OC)c1. The highest BCUT2D eigenvalue weighted by Gasteiger charge is 2.41. The summed E-state index contributed by atoms with van der Waals surface area (Å²) in [6.45, 7) is 11.6. The molecule has 0 radical (unpaired) electrons. The summed E-state index contributed by atoms with van der Waals surface area (Å²) in [7, 11) is 1.47. The van der Waals surface area contributed by atoms with Crippen molar-refractivity contribution in [1.29, 1.82) is 0 Å². The molecule has 0 saturated heterocycles. The number of rotatable bonds is 8. The Balaban J connectivity index is 2.89. The molecule has 1 atom stereocenters. The highest BCUT2D eigenvalue weighted by atomic mass is 16.5. The molecule has 0 aliphatic heterocycles. The van der Waals surface area contributed by atoms with Crippen molar-refractivity contribution < 1.29 is 14.1 Å². The zero-order chi connectivity index (χ0) is 16.1. The van der Waals surface area contributed by atoms with E-state index in [-0.39, 0.29) is 11.5 Å². The van der Waals surface area contributed by atoms with Crippen molar-refractivity contribution in [3.63, 3.8) is 0 Å². The first-order chi connectivity index (χ1) is 9.79. The molecule has 1 rings (SSSR count). The molecule has 0 spiro atoms. The van der Waals surface area contributed by atoms with Crippen LogP contribution < -0.4 is 4.57 Å². The van der Waals surface area contributed by atoms with E-state index in [0.717, 1.165) is 19.4 Å². The molecule has 120 valence electrons. The summed E-state index contributed by atoms with van der Waals surface area (Å²) in [5, 5.41) is 0. The van der Waals surface area contributed by atoms with Crippen molar-refractivity contribution in [2.75, 3.05) is 7.11 Å². The average Bonchev–Trinajstić information content (AvgIpc) is 2.93. The quantitative estimate of drug-likeness (QED) is 0.545.